The molecule has 130 valence electrons. The van der Waals surface area contributed by atoms with E-state index in [1.807, 2.05) is 23.6 Å². The second kappa shape index (κ2) is 7.57. The van der Waals surface area contributed by atoms with Gasteiger partial charge in [-0.15, -0.1) is 11.8 Å². The van der Waals surface area contributed by atoms with E-state index in [4.69, 9.17) is 0 Å². The maximum Gasteiger partial charge on any atom is 0.258 e. The topological polar surface area (TPSA) is 42.0 Å². The molecule has 0 radical (unpaired) electrons. The Labute approximate surface area is 161 Å². The summed E-state index contributed by atoms with van der Waals surface area (Å²) >= 11 is 4.56. The molecule has 26 heavy (non-hydrogen) atoms. The predicted octanol–water partition coefficient (Wildman–Crippen LogP) is 6.04. The van der Waals surface area contributed by atoms with Crippen LogP contribution in [0.25, 0.3) is 10.2 Å². The highest BCUT2D eigenvalue weighted by molar-refractivity contribution is 7.98. The maximum absolute atomic E-state index is 13.3. The molecule has 0 spiro atoms. The second-order valence-electron chi connectivity index (χ2n) is 5.50. The Morgan fingerprint density at radius 2 is 2.08 bits per heavy atom. The van der Waals surface area contributed by atoms with Gasteiger partial charge in [-0.1, -0.05) is 23.5 Å². The number of rotatable bonds is 5. The minimum atomic E-state index is -0.311. The van der Waals surface area contributed by atoms with Crippen LogP contribution in [0.4, 0.5) is 9.52 Å². The lowest BCUT2D eigenvalue weighted by Crippen LogP contribution is -2.12. The number of aromatic nitrogens is 1. The van der Waals surface area contributed by atoms with Crippen LogP contribution in [-0.2, 0) is 5.75 Å². The highest BCUT2D eigenvalue weighted by atomic mass is 32.2. The van der Waals surface area contributed by atoms with Gasteiger partial charge in [0.25, 0.3) is 5.91 Å². The fourth-order valence-corrected chi connectivity index (χ4v) is 5.08. The molecule has 0 aliphatic rings. The molecule has 4 aromatic rings. The lowest BCUT2D eigenvalue weighted by atomic mass is 10.2. The monoisotopic (exact) mass is 400 g/mol. The van der Waals surface area contributed by atoms with E-state index >= 15 is 0 Å². The zero-order valence-electron chi connectivity index (χ0n) is 13.4. The molecular formula is C19H13FN2OS3. The zero-order chi connectivity index (χ0) is 17.9. The Morgan fingerprint density at radius 3 is 2.92 bits per heavy atom. The number of nitrogens with one attached hydrogen (secondary N) is 1. The first kappa shape index (κ1) is 17.2. The quantitative estimate of drug-likeness (QED) is 0.415. The number of carbonyl (C=O) groups is 1. The SMILES string of the molecule is O=C(Nc1nc2ccc(F)cc2s1)c1ccccc1SCc1ccsc1. The normalized spacial score (nSPS) is 11.0. The van der Waals surface area contributed by atoms with Gasteiger partial charge in [-0.25, -0.2) is 9.37 Å². The number of amides is 1. The van der Waals surface area contributed by atoms with E-state index in [0.717, 1.165) is 10.6 Å². The third-order valence-corrected chi connectivity index (χ3v) is 6.49. The second-order valence-corrected chi connectivity index (χ2v) is 8.33. The number of hydrogen-bond acceptors (Lipinski definition) is 5. The van der Waals surface area contributed by atoms with Crippen LogP contribution in [0.3, 0.4) is 0 Å². The minimum absolute atomic E-state index is 0.210. The summed E-state index contributed by atoms with van der Waals surface area (Å²) < 4.78 is 14.0. The van der Waals surface area contributed by atoms with Gasteiger partial charge in [0.2, 0.25) is 0 Å². The molecule has 0 saturated heterocycles. The van der Waals surface area contributed by atoms with Crippen molar-refractivity contribution < 1.29 is 9.18 Å². The summed E-state index contributed by atoms with van der Waals surface area (Å²) in [5.74, 6) is 0.293. The molecule has 4 rings (SSSR count). The average Bonchev–Trinajstić information content (AvgIpc) is 3.29. The van der Waals surface area contributed by atoms with Gasteiger partial charge in [0.15, 0.2) is 5.13 Å². The minimum Gasteiger partial charge on any atom is -0.298 e. The van der Waals surface area contributed by atoms with Gasteiger partial charge < -0.3 is 0 Å². The van der Waals surface area contributed by atoms with Gasteiger partial charge in [-0.2, -0.15) is 11.3 Å². The molecule has 0 aliphatic heterocycles. The van der Waals surface area contributed by atoms with Gasteiger partial charge >= 0.3 is 0 Å². The van der Waals surface area contributed by atoms with Crippen molar-refractivity contribution in [1.82, 2.24) is 4.98 Å². The Morgan fingerprint density at radius 1 is 1.19 bits per heavy atom. The molecule has 0 bridgehead atoms. The highest BCUT2D eigenvalue weighted by Crippen LogP contribution is 2.30. The van der Waals surface area contributed by atoms with Crippen molar-refractivity contribution in [3.05, 3.63) is 76.2 Å². The van der Waals surface area contributed by atoms with E-state index in [1.165, 1.54) is 29.0 Å². The summed E-state index contributed by atoms with van der Waals surface area (Å²) in [6, 6.07) is 14.0. The van der Waals surface area contributed by atoms with Gasteiger partial charge in [0.1, 0.15) is 5.82 Å². The van der Waals surface area contributed by atoms with Crippen molar-refractivity contribution >= 4 is 55.7 Å². The van der Waals surface area contributed by atoms with Crippen LogP contribution in [0, 0.1) is 5.82 Å². The first-order chi connectivity index (χ1) is 12.7. The van der Waals surface area contributed by atoms with E-state index in [-0.39, 0.29) is 11.7 Å². The van der Waals surface area contributed by atoms with Crippen LogP contribution in [0.2, 0.25) is 0 Å². The average molecular weight is 401 g/mol. The molecule has 2 aromatic carbocycles. The molecule has 0 atom stereocenters. The Bertz CT molecular complexity index is 1060. The molecule has 1 N–H and O–H groups in total. The van der Waals surface area contributed by atoms with Crippen LogP contribution in [0.15, 0.2) is 64.2 Å². The van der Waals surface area contributed by atoms with Crippen LogP contribution in [0.1, 0.15) is 15.9 Å². The van der Waals surface area contributed by atoms with Crippen molar-refractivity contribution in [3.8, 4) is 0 Å². The van der Waals surface area contributed by atoms with Gasteiger partial charge in [0, 0.05) is 10.6 Å². The Hall–Kier alpha value is -2.22. The molecule has 2 aromatic heterocycles. The first-order valence-electron chi connectivity index (χ1n) is 7.79. The van der Waals surface area contributed by atoms with E-state index in [2.05, 4.69) is 21.7 Å². The van der Waals surface area contributed by atoms with Crippen LogP contribution >= 0.6 is 34.4 Å². The van der Waals surface area contributed by atoms with Gasteiger partial charge in [-0.3, -0.25) is 10.1 Å². The standard InChI is InChI=1S/C19H13FN2OS3/c20-13-5-6-15-17(9-13)26-19(21-15)22-18(23)14-3-1-2-4-16(14)25-11-12-7-8-24-10-12/h1-10H,11H2,(H,21,22,23). The summed E-state index contributed by atoms with van der Waals surface area (Å²) in [7, 11) is 0. The van der Waals surface area contributed by atoms with Gasteiger partial charge in [-0.05, 0) is 52.7 Å². The van der Waals surface area contributed by atoms with Crippen molar-refractivity contribution in [2.45, 2.75) is 10.6 Å². The number of carbonyl (C=O) groups excluding carboxylic acids is 1. The molecule has 0 aliphatic carbocycles. The smallest absolute Gasteiger partial charge is 0.258 e. The number of anilines is 1. The van der Waals surface area contributed by atoms with E-state index in [0.29, 0.717) is 20.9 Å². The first-order valence-corrected chi connectivity index (χ1v) is 10.5. The number of benzene rings is 2. The molecule has 0 fully saturated rings. The zero-order valence-corrected chi connectivity index (χ0v) is 15.9. The molecule has 0 saturated carbocycles. The van der Waals surface area contributed by atoms with E-state index in [1.54, 1.807) is 35.2 Å². The third kappa shape index (κ3) is 3.80. The summed E-state index contributed by atoms with van der Waals surface area (Å²) in [5.41, 5.74) is 2.52. The number of hydrogen-bond donors (Lipinski definition) is 1. The molecule has 7 heteroatoms. The number of halogens is 1. The third-order valence-electron chi connectivity index (χ3n) is 3.68. The fraction of sp³-hybridized carbons (Fsp3) is 0.0526. The molecule has 0 unspecified atom stereocenters. The molecule has 2 heterocycles. The number of thioether (sulfide) groups is 1. The van der Waals surface area contributed by atoms with E-state index < -0.39 is 0 Å². The largest absolute Gasteiger partial charge is 0.298 e. The molecule has 1 amide bonds. The summed E-state index contributed by atoms with van der Waals surface area (Å²) in [5, 5.41) is 7.45. The van der Waals surface area contributed by atoms with Crippen molar-refractivity contribution in [3.63, 3.8) is 0 Å². The van der Waals surface area contributed by atoms with Crippen LogP contribution in [0.5, 0.6) is 0 Å². The predicted molar refractivity (Wildman–Crippen MR) is 108 cm³/mol. The number of nitrogens with zero attached hydrogens (tertiary/aromatic N) is 1. The summed E-state index contributed by atoms with van der Waals surface area (Å²) in [6.07, 6.45) is 0. The van der Waals surface area contributed by atoms with Gasteiger partial charge in [0.05, 0.1) is 15.8 Å². The molecular weight excluding hydrogens is 387 g/mol. The number of thiophene rings is 1. The lowest BCUT2D eigenvalue weighted by Gasteiger charge is -2.08. The Balaban J connectivity index is 1.53. The number of thiazole rings is 1. The van der Waals surface area contributed by atoms with E-state index in [9.17, 15) is 9.18 Å². The van der Waals surface area contributed by atoms with Crippen molar-refractivity contribution in [2.75, 3.05) is 5.32 Å². The summed E-state index contributed by atoms with van der Waals surface area (Å²) in [6.45, 7) is 0. The number of fused-ring (bicyclic) bond motifs is 1. The fourth-order valence-electron chi connectivity index (χ4n) is 2.43. The Kier molecular flexibility index (Phi) is 5.01. The maximum atomic E-state index is 13.3. The van der Waals surface area contributed by atoms with Crippen molar-refractivity contribution in [2.24, 2.45) is 0 Å². The molecule has 3 nitrogen and oxygen atoms in total. The van der Waals surface area contributed by atoms with Crippen molar-refractivity contribution in [1.29, 1.82) is 0 Å². The lowest BCUT2D eigenvalue weighted by molar-refractivity contribution is 0.102. The van der Waals surface area contributed by atoms with Crippen LogP contribution < -0.4 is 5.32 Å². The van der Waals surface area contributed by atoms with Crippen LogP contribution in [-0.4, -0.2) is 10.9 Å². The summed E-state index contributed by atoms with van der Waals surface area (Å²) in [4.78, 5) is 18.0. The highest BCUT2D eigenvalue weighted by Gasteiger charge is 2.14.